The maximum absolute atomic E-state index is 13.7. The van der Waals surface area contributed by atoms with Crippen molar-refractivity contribution in [2.45, 2.75) is 45.4 Å². The lowest BCUT2D eigenvalue weighted by atomic mass is 9.84. The summed E-state index contributed by atoms with van der Waals surface area (Å²) < 4.78 is 46.7. The molecule has 0 spiro atoms. The predicted octanol–water partition coefficient (Wildman–Crippen LogP) is 3.85. The number of nitrogens with two attached hydrogens (primary N) is 1. The molecule has 0 radical (unpaired) electrons. The van der Waals surface area contributed by atoms with E-state index >= 15 is 0 Å². The second-order valence-corrected chi connectivity index (χ2v) is 8.25. The third-order valence-corrected chi connectivity index (χ3v) is 5.12. The van der Waals surface area contributed by atoms with Gasteiger partial charge in [-0.2, -0.15) is 18.3 Å². The molecular weight excluding hydrogens is 369 g/mol. The lowest BCUT2D eigenvalue weighted by molar-refractivity contribution is -0.137. The molecule has 0 saturated carbocycles. The normalized spacial score (nSPS) is 23.1. The molecule has 154 valence electrons. The molecule has 8 heteroatoms. The maximum Gasteiger partial charge on any atom is 0.417 e. The monoisotopic (exact) mass is 396 g/mol. The number of rotatable bonds is 5. The van der Waals surface area contributed by atoms with E-state index in [4.69, 9.17) is 10.6 Å². The first-order valence-electron chi connectivity index (χ1n) is 9.55. The van der Waals surface area contributed by atoms with Crippen LogP contribution in [0.3, 0.4) is 0 Å². The van der Waals surface area contributed by atoms with E-state index in [2.05, 4.69) is 23.9 Å². The zero-order valence-electron chi connectivity index (χ0n) is 16.3. The van der Waals surface area contributed by atoms with E-state index in [-0.39, 0.29) is 22.8 Å². The van der Waals surface area contributed by atoms with E-state index in [1.54, 1.807) is 6.07 Å². The van der Waals surface area contributed by atoms with Crippen molar-refractivity contribution in [2.24, 2.45) is 21.4 Å². The first-order valence-corrected chi connectivity index (χ1v) is 9.55. The van der Waals surface area contributed by atoms with Gasteiger partial charge in [0.15, 0.2) is 0 Å². The topological polar surface area (TPSA) is 63.2 Å². The van der Waals surface area contributed by atoms with Crippen molar-refractivity contribution in [3.05, 3.63) is 29.3 Å². The molecular formula is C20H27F3N4O. The number of halogens is 3. The Kier molecular flexibility index (Phi) is 5.98. The van der Waals surface area contributed by atoms with Crippen LogP contribution in [0.15, 0.2) is 28.3 Å². The summed E-state index contributed by atoms with van der Waals surface area (Å²) in [5.41, 5.74) is -0.126. The van der Waals surface area contributed by atoms with Gasteiger partial charge >= 0.3 is 6.18 Å². The second-order valence-electron chi connectivity index (χ2n) is 8.25. The van der Waals surface area contributed by atoms with Crippen LogP contribution >= 0.6 is 0 Å². The molecule has 0 aromatic heterocycles. The Morgan fingerprint density at radius 1 is 1.32 bits per heavy atom. The van der Waals surface area contributed by atoms with Crippen LogP contribution in [0.1, 0.15) is 44.2 Å². The fourth-order valence-electron chi connectivity index (χ4n) is 3.74. The van der Waals surface area contributed by atoms with Gasteiger partial charge in [-0.25, -0.2) is 0 Å². The summed E-state index contributed by atoms with van der Waals surface area (Å²) in [5, 5.41) is 3.56. The van der Waals surface area contributed by atoms with Crippen LogP contribution in [-0.2, 0) is 10.9 Å². The van der Waals surface area contributed by atoms with Gasteiger partial charge in [0.2, 0.25) is 0 Å². The molecule has 2 N–H and O–H groups in total. The number of alkyl halides is 3. The number of hydrazone groups is 1. The van der Waals surface area contributed by atoms with Crippen molar-refractivity contribution in [2.75, 3.05) is 31.1 Å². The summed E-state index contributed by atoms with van der Waals surface area (Å²) in [6.07, 6.45) is -0.183. The van der Waals surface area contributed by atoms with Crippen LogP contribution in [0.2, 0.25) is 0 Å². The van der Waals surface area contributed by atoms with Crippen molar-refractivity contribution in [3.63, 3.8) is 0 Å². The van der Waals surface area contributed by atoms with Gasteiger partial charge in [-0.15, -0.1) is 0 Å². The summed E-state index contributed by atoms with van der Waals surface area (Å²) in [4.78, 5) is 6.17. The number of nitrogens with zero attached hydrogens (tertiary/aromatic N) is 3. The molecule has 2 fully saturated rings. The number of ether oxygens (including phenoxy) is 1. The lowest BCUT2D eigenvalue weighted by Gasteiger charge is -2.47. The van der Waals surface area contributed by atoms with Crippen LogP contribution < -0.4 is 10.7 Å². The van der Waals surface area contributed by atoms with Crippen LogP contribution in [0.5, 0.6) is 0 Å². The van der Waals surface area contributed by atoms with Crippen molar-refractivity contribution in [1.29, 1.82) is 0 Å². The highest BCUT2D eigenvalue weighted by molar-refractivity contribution is 6.38. The molecule has 1 unspecified atom stereocenters. The molecule has 0 aliphatic carbocycles. The van der Waals surface area contributed by atoms with E-state index in [0.717, 1.165) is 32.4 Å². The minimum Gasteiger partial charge on any atom is -0.376 e. The largest absolute Gasteiger partial charge is 0.417 e. The summed E-state index contributed by atoms with van der Waals surface area (Å²) in [5.74, 6) is 5.39. The molecule has 2 aliphatic rings. The fourth-order valence-corrected chi connectivity index (χ4v) is 3.74. The van der Waals surface area contributed by atoms with Gasteiger partial charge in [0.25, 0.3) is 0 Å². The standard InChI is InChI=1S/C20H27F3N4O/c1-19(2)12-27(13-19)14-6-7-16(17(9-14)20(21,22)23)18(26-24)11-25-10-15-5-3-4-8-28-15/h6-7,9,11,15H,3-5,8,10,12-13,24H2,1-2H3/b25-11?,26-18+. The van der Waals surface area contributed by atoms with Gasteiger partial charge in [-0.3, -0.25) is 4.99 Å². The van der Waals surface area contributed by atoms with Gasteiger partial charge in [0.05, 0.1) is 18.2 Å². The molecule has 0 amide bonds. The van der Waals surface area contributed by atoms with Gasteiger partial charge in [0, 0.05) is 37.2 Å². The Hall–Kier alpha value is -2.09. The maximum atomic E-state index is 13.7. The van der Waals surface area contributed by atoms with Crippen molar-refractivity contribution >= 4 is 17.6 Å². The minimum atomic E-state index is -4.51. The number of hydrogen-bond donors (Lipinski definition) is 1. The van der Waals surface area contributed by atoms with E-state index in [9.17, 15) is 13.2 Å². The van der Waals surface area contributed by atoms with E-state index in [0.29, 0.717) is 18.8 Å². The fraction of sp³-hybridized carbons (Fsp3) is 0.600. The van der Waals surface area contributed by atoms with Gasteiger partial charge in [-0.05, 0) is 36.8 Å². The average molecular weight is 396 g/mol. The zero-order valence-corrected chi connectivity index (χ0v) is 16.3. The molecule has 1 aromatic rings. The highest BCUT2D eigenvalue weighted by Gasteiger charge is 2.38. The summed E-state index contributed by atoms with van der Waals surface area (Å²) in [6, 6.07) is 4.29. The van der Waals surface area contributed by atoms with Crippen molar-refractivity contribution < 1.29 is 17.9 Å². The van der Waals surface area contributed by atoms with Crippen LogP contribution in [0.25, 0.3) is 0 Å². The van der Waals surface area contributed by atoms with Gasteiger partial charge in [0.1, 0.15) is 5.71 Å². The highest BCUT2D eigenvalue weighted by atomic mass is 19.4. The minimum absolute atomic E-state index is 0.00302. The molecule has 1 atom stereocenters. The molecule has 2 aliphatic heterocycles. The van der Waals surface area contributed by atoms with Crippen LogP contribution in [0, 0.1) is 5.41 Å². The Bertz CT molecular complexity index is 744. The van der Waals surface area contributed by atoms with E-state index in [1.807, 2.05) is 4.90 Å². The highest BCUT2D eigenvalue weighted by Crippen LogP contribution is 2.38. The quantitative estimate of drug-likeness (QED) is 0.467. The Morgan fingerprint density at radius 2 is 2.07 bits per heavy atom. The zero-order chi connectivity index (χ0) is 20.4. The molecule has 2 heterocycles. The van der Waals surface area contributed by atoms with Crippen molar-refractivity contribution in [3.8, 4) is 0 Å². The third kappa shape index (κ3) is 4.84. The third-order valence-electron chi connectivity index (χ3n) is 5.12. The van der Waals surface area contributed by atoms with Gasteiger partial charge < -0.3 is 15.5 Å². The van der Waals surface area contributed by atoms with E-state index < -0.39 is 11.7 Å². The Labute approximate surface area is 163 Å². The summed E-state index contributed by atoms with van der Waals surface area (Å²) >= 11 is 0. The van der Waals surface area contributed by atoms with Gasteiger partial charge in [-0.1, -0.05) is 19.9 Å². The number of aliphatic imine (C=N–C) groups is 1. The smallest absolute Gasteiger partial charge is 0.376 e. The summed E-state index contributed by atoms with van der Waals surface area (Å²) in [7, 11) is 0. The Balaban J connectivity index is 1.80. The van der Waals surface area contributed by atoms with E-state index in [1.165, 1.54) is 18.3 Å². The predicted molar refractivity (Wildman–Crippen MR) is 105 cm³/mol. The molecule has 28 heavy (non-hydrogen) atoms. The summed E-state index contributed by atoms with van der Waals surface area (Å²) in [6.45, 7) is 6.73. The average Bonchev–Trinajstić information content (AvgIpc) is 2.63. The molecule has 0 bridgehead atoms. The number of hydrogen-bond acceptors (Lipinski definition) is 5. The van der Waals surface area contributed by atoms with Crippen LogP contribution in [0.4, 0.5) is 18.9 Å². The number of anilines is 1. The lowest BCUT2D eigenvalue weighted by Crippen LogP contribution is -2.53. The second kappa shape index (κ2) is 8.11. The molecule has 2 saturated heterocycles. The van der Waals surface area contributed by atoms with Crippen molar-refractivity contribution in [1.82, 2.24) is 0 Å². The molecule has 5 nitrogen and oxygen atoms in total. The van der Waals surface area contributed by atoms with Crippen LogP contribution in [-0.4, -0.2) is 44.3 Å². The molecule has 1 aromatic carbocycles. The number of benzene rings is 1. The Morgan fingerprint density at radius 3 is 2.64 bits per heavy atom. The first-order chi connectivity index (χ1) is 13.2. The SMILES string of the molecule is CC1(C)CN(c2ccc(/C(C=NCC3CCCCO3)=N/N)c(C(F)(F)F)c2)C1. The first kappa shape index (κ1) is 20.6. The molecule has 3 rings (SSSR count).